The molecule has 0 aliphatic rings. The fourth-order valence-corrected chi connectivity index (χ4v) is 4.87. The number of aromatic nitrogens is 2. The van der Waals surface area contributed by atoms with Crippen molar-refractivity contribution in [1.29, 1.82) is 0 Å². The summed E-state index contributed by atoms with van der Waals surface area (Å²) in [5.41, 5.74) is 1.25. The van der Waals surface area contributed by atoms with Gasteiger partial charge in [0.15, 0.2) is 5.16 Å². The van der Waals surface area contributed by atoms with Crippen molar-refractivity contribution in [3.05, 3.63) is 57.2 Å². The molecule has 0 N–H and O–H groups in total. The number of fused-ring (bicyclic) bond motifs is 1. The zero-order valence-electron chi connectivity index (χ0n) is 15.7. The summed E-state index contributed by atoms with van der Waals surface area (Å²) in [6.45, 7) is 4.32. The Morgan fingerprint density at radius 2 is 2.04 bits per heavy atom. The van der Waals surface area contributed by atoms with Crippen LogP contribution < -0.4 is 5.56 Å². The monoisotopic (exact) mass is 400 g/mol. The average molecular weight is 401 g/mol. The predicted molar refractivity (Wildman–Crippen MR) is 114 cm³/mol. The van der Waals surface area contributed by atoms with Gasteiger partial charge < -0.3 is 4.79 Å². The van der Waals surface area contributed by atoms with Gasteiger partial charge in [0.2, 0.25) is 0 Å². The predicted octanol–water partition coefficient (Wildman–Crippen LogP) is 4.72. The summed E-state index contributed by atoms with van der Waals surface area (Å²) in [6.07, 6.45) is 3.07. The number of hydrogen-bond acceptors (Lipinski definition) is 5. The molecule has 0 aliphatic carbocycles. The van der Waals surface area contributed by atoms with Crippen LogP contribution in [-0.4, -0.2) is 21.1 Å². The molecule has 0 saturated carbocycles. The third-order valence-corrected chi connectivity index (χ3v) is 6.62. The van der Waals surface area contributed by atoms with Crippen LogP contribution in [0.4, 0.5) is 0 Å². The fourth-order valence-electron chi connectivity index (χ4n) is 2.90. The Labute approximate surface area is 167 Å². The van der Waals surface area contributed by atoms with Crippen LogP contribution in [0, 0.1) is 0 Å². The van der Waals surface area contributed by atoms with Crippen molar-refractivity contribution < 1.29 is 4.79 Å². The van der Waals surface area contributed by atoms with Crippen LogP contribution in [-0.2, 0) is 24.2 Å². The molecule has 4 nitrogen and oxygen atoms in total. The van der Waals surface area contributed by atoms with Gasteiger partial charge in [-0.2, -0.15) is 0 Å². The topological polar surface area (TPSA) is 52.0 Å². The molecule has 0 amide bonds. The second-order valence-electron chi connectivity index (χ2n) is 6.53. The van der Waals surface area contributed by atoms with E-state index in [-0.39, 0.29) is 11.3 Å². The van der Waals surface area contributed by atoms with Gasteiger partial charge in [-0.25, -0.2) is 4.98 Å². The van der Waals surface area contributed by atoms with E-state index >= 15 is 0 Å². The van der Waals surface area contributed by atoms with Crippen molar-refractivity contribution >= 4 is 39.1 Å². The van der Waals surface area contributed by atoms with Crippen molar-refractivity contribution in [1.82, 2.24) is 9.55 Å². The minimum Gasteiger partial charge on any atom is -0.300 e. The molecule has 2 heterocycles. The molecule has 0 atom stereocenters. The maximum atomic E-state index is 13.1. The summed E-state index contributed by atoms with van der Waals surface area (Å²) in [5.74, 6) is 0.987. The van der Waals surface area contributed by atoms with Crippen molar-refractivity contribution in [3.63, 3.8) is 0 Å². The minimum atomic E-state index is 0.0425. The maximum absolute atomic E-state index is 13.1. The van der Waals surface area contributed by atoms with E-state index in [1.165, 1.54) is 10.4 Å². The summed E-state index contributed by atoms with van der Waals surface area (Å²) in [6, 6.07) is 12.2. The summed E-state index contributed by atoms with van der Waals surface area (Å²) in [4.78, 5) is 31.1. The molecule has 27 heavy (non-hydrogen) atoms. The number of Topliss-reactive ketones (excluding diaryl/α,β-unsaturated/α-hetero) is 1. The smallest absolute Gasteiger partial charge is 0.262 e. The number of aryl methyl sites for hydroxylation is 2. The van der Waals surface area contributed by atoms with Crippen LogP contribution in [0.25, 0.3) is 10.2 Å². The number of thiophene rings is 1. The second-order valence-corrected chi connectivity index (χ2v) is 8.70. The van der Waals surface area contributed by atoms with Gasteiger partial charge in [0.05, 0.1) is 5.39 Å². The molecule has 0 saturated heterocycles. The lowest BCUT2D eigenvalue weighted by atomic mass is 10.1. The lowest BCUT2D eigenvalue weighted by Crippen LogP contribution is -2.24. The highest BCUT2D eigenvalue weighted by Crippen LogP contribution is 2.25. The van der Waals surface area contributed by atoms with E-state index in [0.717, 1.165) is 40.4 Å². The van der Waals surface area contributed by atoms with Crippen molar-refractivity contribution in [3.8, 4) is 0 Å². The molecular formula is C21H24N2O2S2. The minimum absolute atomic E-state index is 0.0425. The lowest BCUT2D eigenvalue weighted by molar-refractivity contribution is -0.117. The largest absolute Gasteiger partial charge is 0.300 e. The van der Waals surface area contributed by atoms with Crippen molar-refractivity contribution in [2.75, 3.05) is 5.75 Å². The van der Waals surface area contributed by atoms with Gasteiger partial charge in [-0.15, -0.1) is 11.3 Å². The first-order valence-corrected chi connectivity index (χ1v) is 11.1. The molecule has 3 rings (SSSR count). The van der Waals surface area contributed by atoms with Crippen LogP contribution in [0.2, 0.25) is 0 Å². The molecule has 0 bridgehead atoms. The number of thioether (sulfide) groups is 1. The van der Waals surface area contributed by atoms with Crippen LogP contribution in [0.3, 0.4) is 0 Å². The first-order valence-electron chi connectivity index (χ1n) is 9.28. The number of nitrogens with zero attached hydrogens (tertiary/aromatic N) is 2. The van der Waals surface area contributed by atoms with E-state index in [2.05, 4.69) is 19.1 Å². The summed E-state index contributed by atoms with van der Waals surface area (Å²) in [5, 5.41) is 1.48. The zero-order valence-corrected chi connectivity index (χ0v) is 17.4. The second kappa shape index (κ2) is 9.33. The highest BCUT2D eigenvalue weighted by molar-refractivity contribution is 7.99. The van der Waals surface area contributed by atoms with E-state index in [0.29, 0.717) is 13.0 Å². The molecule has 0 aliphatic heterocycles. The summed E-state index contributed by atoms with van der Waals surface area (Å²) in [7, 11) is 0. The van der Waals surface area contributed by atoms with E-state index in [1.807, 2.05) is 24.3 Å². The molecule has 3 aromatic rings. The zero-order chi connectivity index (χ0) is 19.2. The van der Waals surface area contributed by atoms with Gasteiger partial charge in [-0.05, 0) is 37.8 Å². The Morgan fingerprint density at radius 3 is 2.74 bits per heavy atom. The Morgan fingerprint density at radius 1 is 1.26 bits per heavy atom. The Balaban J connectivity index is 1.88. The van der Waals surface area contributed by atoms with Crippen LogP contribution in [0.1, 0.15) is 37.1 Å². The number of ketones is 1. The molecule has 0 fully saturated rings. The quantitative estimate of drug-likeness (QED) is 0.296. The normalized spacial score (nSPS) is 11.2. The van der Waals surface area contributed by atoms with Crippen LogP contribution in [0.5, 0.6) is 0 Å². The number of carbonyl (C=O) groups excluding carboxylic acids is 1. The molecule has 0 unspecified atom stereocenters. The highest BCUT2D eigenvalue weighted by Gasteiger charge is 2.14. The van der Waals surface area contributed by atoms with E-state index < -0.39 is 0 Å². The van der Waals surface area contributed by atoms with E-state index in [1.54, 1.807) is 34.6 Å². The Hall–Kier alpha value is -1.92. The first kappa shape index (κ1) is 19.8. The molecule has 142 valence electrons. The third kappa shape index (κ3) is 5.08. The SMILES string of the molecule is CCc1cc2c(=O)n(CCc3ccccc3)c(SCCCC(C)=O)nc2s1. The van der Waals surface area contributed by atoms with Gasteiger partial charge in [-0.1, -0.05) is 49.0 Å². The molecule has 0 spiro atoms. The van der Waals surface area contributed by atoms with Gasteiger partial charge in [0.1, 0.15) is 10.6 Å². The molecule has 2 aromatic heterocycles. The van der Waals surface area contributed by atoms with Gasteiger partial charge >= 0.3 is 0 Å². The van der Waals surface area contributed by atoms with E-state index in [4.69, 9.17) is 4.98 Å². The Kier molecular flexibility index (Phi) is 6.85. The summed E-state index contributed by atoms with van der Waals surface area (Å²) < 4.78 is 1.81. The van der Waals surface area contributed by atoms with Gasteiger partial charge in [0, 0.05) is 23.6 Å². The molecular weight excluding hydrogens is 376 g/mol. The molecule has 6 heteroatoms. The molecule has 0 radical (unpaired) electrons. The van der Waals surface area contributed by atoms with Crippen molar-refractivity contribution in [2.24, 2.45) is 0 Å². The maximum Gasteiger partial charge on any atom is 0.262 e. The van der Waals surface area contributed by atoms with Gasteiger partial charge in [-0.3, -0.25) is 9.36 Å². The highest BCUT2D eigenvalue weighted by atomic mass is 32.2. The Bertz CT molecular complexity index is 977. The fraction of sp³-hybridized carbons (Fsp3) is 0.381. The van der Waals surface area contributed by atoms with Crippen LogP contribution in [0.15, 0.2) is 46.3 Å². The number of hydrogen-bond donors (Lipinski definition) is 0. The third-order valence-electron chi connectivity index (χ3n) is 4.39. The van der Waals surface area contributed by atoms with Gasteiger partial charge in [0.25, 0.3) is 5.56 Å². The number of carbonyl (C=O) groups is 1. The number of benzene rings is 1. The summed E-state index contributed by atoms with van der Waals surface area (Å²) >= 11 is 3.18. The van der Waals surface area contributed by atoms with Crippen molar-refractivity contribution in [2.45, 2.75) is 51.2 Å². The number of rotatable bonds is 9. The lowest BCUT2D eigenvalue weighted by Gasteiger charge is -2.12. The average Bonchev–Trinajstić information content (AvgIpc) is 3.09. The standard InChI is InChI=1S/C21H24N2O2S2/c1-3-17-14-18-19(27-17)22-21(26-13-7-8-15(2)24)23(20(18)25)12-11-16-9-5-4-6-10-16/h4-6,9-10,14H,3,7-8,11-13H2,1-2H3. The van der Waals surface area contributed by atoms with Crippen LogP contribution >= 0.6 is 23.1 Å². The first-order chi connectivity index (χ1) is 13.1. The van der Waals surface area contributed by atoms with E-state index in [9.17, 15) is 9.59 Å². The molecule has 1 aromatic carbocycles.